The van der Waals surface area contributed by atoms with E-state index in [1.54, 1.807) is 6.92 Å². The zero-order chi connectivity index (χ0) is 10.7. The highest BCUT2D eigenvalue weighted by Crippen LogP contribution is 2.33. The van der Waals surface area contributed by atoms with Gasteiger partial charge in [-0.15, -0.1) is 0 Å². The van der Waals surface area contributed by atoms with Crippen LogP contribution in [0.15, 0.2) is 21.5 Å². The second kappa shape index (κ2) is 4.44. The van der Waals surface area contributed by atoms with Gasteiger partial charge in [0.2, 0.25) is 0 Å². The highest BCUT2D eigenvalue weighted by atomic mass is 79.9. The molecule has 0 atom stereocenters. The quantitative estimate of drug-likeness (QED) is 0.359. The minimum absolute atomic E-state index is 0.0247. The zero-order valence-electron chi connectivity index (χ0n) is 7.15. The summed E-state index contributed by atoms with van der Waals surface area (Å²) in [5.41, 5.74) is 0.745. The molecule has 0 saturated carbocycles. The molecule has 0 radical (unpaired) electrons. The fourth-order valence-corrected chi connectivity index (χ4v) is 2.25. The molecule has 0 aliphatic rings. The van der Waals surface area contributed by atoms with Crippen LogP contribution in [0.2, 0.25) is 0 Å². The summed E-state index contributed by atoms with van der Waals surface area (Å²) in [4.78, 5) is 10.7. The van der Waals surface area contributed by atoms with Gasteiger partial charge in [-0.25, -0.2) is 0 Å². The van der Waals surface area contributed by atoms with Crippen molar-refractivity contribution in [2.75, 3.05) is 0 Å². The van der Waals surface area contributed by atoms with Gasteiger partial charge in [-0.2, -0.15) is 5.26 Å². The Labute approximate surface area is 93.2 Å². The van der Waals surface area contributed by atoms with Crippen molar-refractivity contribution in [3.63, 3.8) is 0 Å². The number of nitro benzene ring substituents is 1. The van der Waals surface area contributed by atoms with E-state index in [0.717, 1.165) is 22.2 Å². The fraction of sp³-hybridized carbons (Fsp3) is 0.125. The lowest BCUT2D eigenvalue weighted by Gasteiger charge is -2.02. The monoisotopic (exact) mass is 272 g/mol. The number of hydrogen-bond donors (Lipinski definition) is 0. The maximum atomic E-state index is 10.5. The molecule has 1 aromatic carbocycles. The number of nitriles is 1. The number of thioether (sulfide) groups is 1. The first-order valence-corrected chi connectivity index (χ1v) is 5.17. The zero-order valence-corrected chi connectivity index (χ0v) is 9.55. The van der Waals surface area contributed by atoms with Crippen molar-refractivity contribution in [2.45, 2.75) is 11.8 Å². The van der Waals surface area contributed by atoms with Gasteiger partial charge in [0.25, 0.3) is 5.69 Å². The van der Waals surface area contributed by atoms with Gasteiger partial charge < -0.3 is 0 Å². The fourth-order valence-electron chi connectivity index (χ4n) is 0.993. The Hall–Kier alpha value is -1.06. The molecule has 0 bridgehead atoms. The number of thiocyanates is 1. The molecular weight excluding hydrogens is 268 g/mol. The summed E-state index contributed by atoms with van der Waals surface area (Å²) in [6.07, 6.45) is 0. The molecule has 6 heteroatoms. The molecule has 0 spiro atoms. The largest absolute Gasteiger partial charge is 0.270 e. The molecule has 0 amide bonds. The minimum Gasteiger partial charge on any atom is -0.258 e. The smallest absolute Gasteiger partial charge is 0.258 e. The van der Waals surface area contributed by atoms with E-state index in [1.165, 1.54) is 12.1 Å². The van der Waals surface area contributed by atoms with Crippen molar-refractivity contribution in [1.29, 1.82) is 5.26 Å². The second-order valence-electron chi connectivity index (χ2n) is 2.52. The lowest BCUT2D eigenvalue weighted by molar-refractivity contribution is -0.385. The van der Waals surface area contributed by atoms with Gasteiger partial charge in [-0.1, -0.05) is 0 Å². The molecular formula is C8H5BrN2O2S. The summed E-state index contributed by atoms with van der Waals surface area (Å²) in [5, 5.41) is 20.9. The van der Waals surface area contributed by atoms with Crippen LogP contribution >= 0.6 is 27.7 Å². The topological polar surface area (TPSA) is 66.9 Å². The van der Waals surface area contributed by atoms with Gasteiger partial charge in [0.15, 0.2) is 0 Å². The van der Waals surface area contributed by atoms with Crippen LogP contribution in [-0.2, 0) is 0 Å². The maximum absolute atomic E-state index is 10.5. The standard InChI is InChI=1S/C8H5BrN2O2S/c1-5-2-6(11(12)13)3-7(9)8(5)14-4-10/h2-3H,1H3. The summed E-state index contributed by atoms with van der Waals surface area (Å²) in [6, 6.07) is 2.84. The summed E-state index contributed by atoms with van der Waals surface area (Å²) >= 11 is 4.18. The van der Waals surface area contributed by atoms with Crippen LogP contribution in [0.1, 0.15) is 5.56 Å². The number of benzene rings is 1. The molecule has 0 aliphatic carbocycles. The van der Waals surface area contributed by atoms with Crippen molar-refractivity contribution in [2.24, 2.45) is 0 Å². The van der Waals surface area contributed by atoms with Crippen molar-refractivity contribution >= 4 is 33.4 Å². The first-order chi connectivity index (χ1) is 6.56. The van der Waals surface area contributed by atoms with E-state index < -0.39 is 4.92 Å². The molecule has 4 nitrogen and oxygen atoms in total. The predicted molar refractivity (Wildman–Crippen MR) is 57.0 cm³/mol. The Morgan fingerprint density at radius 1 is 1.64 bits per heavy atom. The predicted octanol–water partition coefficient (Wildman–Crippen LogP) is 3.24. The van der Waals surface area contributed by atoms with Crippen LogP contribution in [0.5, 0.6) is 0 Å². The molecule has 72 valence electrons. The van der Waals surface area contributed by atoms with Gasteiger partial charge in [-0.05, 0) is 40.2 Å². The number of halogens is 1. The van der Waals surface area contributed by atoms with Crippen molar-refractivity contribution in [3.05, 3.63) is 32.3 Å². The average Bonchev–Trinajstić information content (AvgIpc) is 2.10. The molecule has 1 rings (SSSR count). The number of aryl methyl sites for hydroxylation is 1. The molecule has 1 aromatic rings. The average molecular weight is 273 g/mol. The highest BCUT2D eigenvalue weighted by Gasteiger charge is 2.12. The molecule has 0 heterocycles. The Kier molecular flexibility index (Phi) is 3.49. The van der Waals surface area contributed by atoms with Crippen LogP contribution < -0.4 is 0 Å². The van der Waals surface area contributed by atoms with E-state index >= 15 is 0 Å². The highest BCUT2D eigenvalue weighted by molar-refractivity contribution is 9.10. The van der Waals surface area contributed by atoms with Crippen LogP contribution in [0.3, 0.4) is 0 Å². The third-order valence-corrected chi connectivity index (χ3v) is 3.30. The normalized spacial score (nSPS) is 9.50. The number of hydrogen-bond acceptors (Lipinski definition) is 4. The van der Waals surface area contributed by atoms with Crippen LogP contribution in [0.4, 0.5) is 5.69 Å². The van der Waals surface area contributed by atoms with Gasteiger partial charge in [0, 0.05) is 21.5 Å². The third-order valence-electron chi connectivity index (χ3n) is 1.57. The molecule has 0 N–H and O–H groups in total. The summed E-state index contributed by atoms with van der Waals surface area (Å²) in [5.74, 6) is 0. The Morgan fingerprint density at radius 2 is 2.29 bits per heavy atom. The van der Waals surface area contributed by atoms with Gasteiger partial charge in [0.1, 0.15) is 5.40 Å². The van der Waals surface area contributed by atoms with Crippen LogP contribution in [0, 0.1) is 27.7 Å². The lowest BCUT2D eigenvalue weighted by Crippen LogP contribution is -1.90. The number of non-ortho nitro benzene ring substituents is 1. The molecule has 0 aliphatic heterocycles. The number of rotatable bonds is 2. The molecule has 0 aromatic heterocycles. The summed E-state index contributed by atoms with van der Waals surface area (Å²) in [7, 11) is 0. The van der Waals surface area contributed by atoms with Crippen molar-refractivity contribution in [1.82, 2.24) is 0 Å². The van der Waals surface area contributed by atoms with E-state index in [9.17, 15) is 10.1 Å². The number of nitrogens with zero attached hydrogens (tertiary/aromatic N) is 2. The third kappa shape index (κ3) is 2.25. The van der Waals surface area contributed by atoms with Crippen molar-refractivity contribution < 1.29 is 4.92 Å². The van der Waals surface area contributed by atoms with E-state index in [1.807, 2.05) is 5.40 Å². The first-order valence-electron chi connectivity index (χ1n) is 3.56. The Morgan fingerprint density at radius 3 is 2.71 bits per heavy atom. The molecule has 0 unspecified atom stereocenters. The Balaban J connectivity index is 3.26. The van der Waals surface area contributed by atoms with Crippen LogP contribution in [-0.4, -0.2) is 4.92 Å². The molecule has 0 fully saturated rings. The molecule has 14 heavy (non-hydrogen) atoms. The van der Waals surface area contributed by atoms with E-state index in [0.29, 0.717) is 4.47 Å². The maximum Gasteiger partial charge on any atom is 0.270 e. The van der Waals surface area contributed by atoms with Crippen LogP contribution in [0.25, 0.3) is 0 Å². The summed E-state index contributed by atoms with van der Waals surface area (Å²) in [6.45, 7) is 1.73. The van der Waals surface area contributed by atoms with E-state index in [4.69, 9.17) is 5.26 Å². The summed E-state index contributed by atoms with van der Waals surface area (Å²) < 4.78 is 0.579. The van der Waals surface area contributed by atoms with Crippen molar-refractivity contribution in [3.8, 4) is 5.40 Å². The second-order valence-corrected chi connectivity index (χ2v) is 4.17. The SMILES string of the molecule is Cc1cc([N+](=O)[O-])cc(Br)c1SC#N. The van der Waals surface area contributed by atoms with E-state index in [-0.39, 0.29) is 5.69 Å². The van der Waals surface area contributed by atoms with E-state index in [2.05, 4.69) is 15.9 Å². The Bertz CT molecular complexity index is 405. The van der Waals surface area contributed by atoms with Gasteiger partial charge in [-0.3, -0.25) is 10.1 Å². The molecule has 0 saturated heterocycles. The first kappa shape index (κ1) is 11.0. The lowest BCUT2D eigenvalue weighted by atomic mass is 10.2. The minimum atomic E-state index is -0.460. The van der Waals surface area contributed by atoms with Gasteiger partial charge in [0.05, 0.1) is 4.92 Å². The number of nitro groups is 1. The van der Waals surface area contributed by atoms with Gasteiger partial charge >= 0.3 is 0 Å².